The summed E-state index contributed by atoms with van der Waals surface area (Å²) in [6, 6.07) is 4.21. The number of nitrogens with zero attached hydrogens (tertiary/aromatic N) is 3. The number of rotatable bonds is 12. The normalized spacial score (nSPS) is 12.2. The molecule has 2 heterocycles. The van der Waals surface area contributed by atoms with Crippen LogP contribution < -0.4 is 21.1 Å². The highest BCUT2D eigenvalue weighted by atomic mass is 32.2. The molecule has 1 aromatic carbocycles. The number of anilines is 3. The number of carboxylic acid groups (broad SMARTS) is 2. The Morgan fingerprint density at radius 1 is 1.14 bits per heavy atom. The van der Waals surface area contributed by atoms with Crippen molar-refractivity contribution in [2.75, 3.05) is 28.6 Å². The maximum atomic E-state index is 12.5. The molecule has 0 spiro atoms. The number of aromatic amines is 1. The second kappa shape index (κ2) is 11.1. The van der Waals surface area contributed by atoms with Crippen LogP contribution in [0.2, 0.25) is 0 Å². The lowest BCUT2D eigenvalue weighted by atomic mass is 10.1. The highest BCUT2D eigenvalue weighted by Crippen LogP contribution is 2.25. The Labute approximate surface area is 211 Å². The standard InChI is InChI=1S/C22H27N7O7S/c1-37(35,36)29(10-2-3-13-11-25-19-17(13)18(23)27-22(24)28-19)14-6-4-12(5-7-14)20(32)26-15(21(33)34)8-9-16(30)31/h4-7,11,15H,2-3,8-10H2,1H3,(H,26,32)(H,30,31)(H,33,34)(H5,23,24,25,27,28)/t15-/m0/s1. The molecule has 0 fully saturated rings. The Bertz CT molecular complexity index is 1420. The number of hydrogen-bond acceptors (Lipinski definition) is 9. The molecule has 0 unspecified atom stereocenters. The SMILES string of the molecule is CS(=O)(=O)N(CCCc1c[nH]c2nc(N)nc(N)c12)c1ccc(C(=O)N[C@@H](CCC(=O)O)C(=O)O)cc1. The lowest BCUT2D eigenvalue weighted by Crippen LogP contribution is -2.41. The van der Waals surface area contributed by atoms with Crippen molar-refractivity contribution >= 4 is 56.4 Å². The van der Waals surface area contributed by atoms with E-state index >= 15 is 0 Å². The van der Waals surface area contributed by atoms with Gasteiger partial charge in [-0.2, -0.15) is 9.97 Å². The summed E-state index contributed by atoms with van der Waals surface area (Å²) in [4.78, 5) is 45.5. The number of aromatic nitrogens is 3. The van der Waals surface area contributed by atoms with Gasteiger partial charge in [-0.05, 0) is 49.1 Å². The average Bonchev–Trinajstić information content (AvgIpc) is 3.21. The lowest BCUT2D eigenvalue weighted by Gasteiger charge is -2.22. The van der Waals surface area contributed by atoms with Crippen LogP contribution in [-0.4, -0.2) is 70.3 Å². The van der Waals surface area contributed by atoms with Crippen molar-refractivity contribution in [3.05, 3.63) is 41.6 Å². The van der Waals surface area contributed by atoms with Crippen LogP contribution in [0.15, 0.2) is 30.5 Å². The molecule has 0 radical (unpaired) electrons. The number of aryl methyl sites for hydroxylation is 1. The number of carboxylic acids is 2. The number of nitrogens with one attached hydrogen (secondary N) is 2. The first-order valence-corrected chi connectivity index (χ1v) is 12.9. The van der Waals surface area contributed by atoms with Crippen LogP contribution in [0.1, 0.15) is 35.2 Å². The summed E-state index contributed by atoms with van der Waals surface area (Å²) in [6.45, 7) is 0.128. The molecule has 0 bridgehead atoms. The molecule has 198 valence electrons. The summed E-state index contributed by atoms with van der Waals surface area (Å²) in [5, 5.41) is 20.9. The third-order valence-corrected chi connectivity index (χ3v) is 6.73. The minimum absolute atomic E-state index is 0.0394. The zero-order chi connectivity index (χ0) is 27.3. The minimum atomic E-state index is -3.67. The summed E-state index contributed by atoms with van der Waals surface area (Å²) in [7, 11) is -3.67. The first kappa shape index (κ1) is 27.2. The molecule has 8 N–H and O–H groups in total. The van der Waals surface area contributed by atoms with Gasteiger partial charge in [-0.25, -0.2) is 13.2 Å². The molecule has 1 amide bonds. The Hall–Kier alpha value is -4.40. The van der Waals surface area contributed by atoms with Crippen LogP contribution in [0, 0.1) is 0 Å². The van der Waals surface area contributed by atoms with Gasteiger partial charge in [-0.15, -0.1) is 0 Å². The van der Waals surface area contributed by atoms with Gasteiger partial charge in [-0.3, -0.25) is 13.9 Å². The molecule has 3 aromatic rings. The summed E-state index contributed by atoms with van der Waals surface area (Å²) >= 11 is 0. The van der Waals surface area contributed by atoms with Gasteiger partial charge >= 0.3 is 11.9 Å². The van der Waals surface area contributed by atoms with Crippen molar-refractivity contribution in [2.24, 2.45) is 0 Å². The molecule has 2 aromatic heterocycles. The van der Waals surface area contributed by atoms with Crippen molar-refractivity contribution in [3.63, 3.8) is 0 Å². The number of amides is 1. The van der Waals surface area contributed by atoms with Gasteiger partial charge < -0.3 is 32.0 Å². The number of fused-ring (bicyclic) bond motifs is 1. The number of sulfonamides is 1. The van der Waals surface area contributed by atoms with E-state index in [-0.39, 0.29) is 30.3 Å². The van der Waals surface area contributed by atoms with Gasteiger partial charge in [0, 0.05) is 24.7 Å². The highest BCUT2D eigenvalue weighted by Gasteiger charge is 2.23. The van der Waals surface area contributed by atoms with E-state index < -0.39 is 40.3 Å². The predicted octanol–water partition coefficient (Wildman–Crippen LogP) is 0.569. The second-order valence-corrected chi connectivity index (χ2v) is 10.2. The smallest absolute Gasteiger partial charge is 0.326 e. The average molecular weight is 534 g/mol. The molecule has 1 atom stereocenters. The summed E-state index contributed by atoms with van der Waals surface area (Å²) in [6.07, 6.45) is 2.97. The molecule has 0 aliphatic carbocycles. The van der Waals surface area contributed by atoms with Crippen LogP contribution in [0.25, 0.3) is 11.0 Å². The molecule has 0 saturated heterocycles. The predicted molar refractivity (Wildman–Crippen MR) is 135 cm³/mol. The Kier molecular flexibility index (Phi) is 8.17. The zero-order valence-electron chi connectivity index (χ0n) is 19.8. The summed E-state index contributed by atoms with van der Waals surface area (Å²) in [5.41, 5.74) is 13.3. The molecule has 15 heteroatoms. The Morgan fingerprint density at radius 2 is 1.81 bits per heavy atom. The Morgan fingerprint density at radius 3 is 2.41 bits per heavy atom. The number of H-pyrrole nitrogens is 1. The molecule has 0 saturated carbocycles. The van der Waals surface area contributed by atoms with E-state index in [1.807, 2.05) is 0 Å². The van der Waals surface area contributed by atoms with Gasteiger partial charge in [0.2, 0.25) is 16.0 Å². The van der Waals surface area contributed by atoms with E-state index in [0.29, 0.717) is 29.6 Å². The van der Waals surface area contributed by atoms with Gasteiger partial charge in [-0.1, -0.05) is 0 Å². The third kappa shape index (κ3) is 6.84. The second-order valence-electron chi connectivity index (χ2n) is 8.29. The molecule has 37 heavy (non-hydrogen) atoms. The topological polar surface area (TPSA) is 235 Å². The fraction of sp³-hybridized carbons (Fsp3) is 0.318. The van der Waals surface area contributed by atoms with Crippen LogP contribution >= 0.6 is 0 Å². The molecular weight excluding hydrogens is 506 g/mol. The minimum Gasteiger partial charge on any atom is -0.481 e. The number of carbonyl (C=O) groups excluding carboxylic acids is 1. The molecule has 14 nitrogen and oxygen atoms in total. The summed E-state index contributed by atoms with van der Waals surface area (Å²) < 4.78 is 26.1. The van der Waals surface area contributed by atoms with E-state index in [0.717, 1.165) is 11.8 Å². The summed E-state index contributed by atoms with van der Waals surface area (Å²) in [5.74, 6) is -3.01. The van der Waals surface area contributed by atoms with E-state index in [1.165, 1.54) is 28.6 Å². The van der Waals surface area contributed by atoms with Crippen molar-refractivity contribution in [3.8, 4) is 0 Å². The number of nitrogen functional groups attached to an aromatic ring is 2. The highest BCUT2D eigenvalue weighted by molar-refractivity contribution is 7.92. The maximum Gasteiger partial charge on any atom is 0.326 e. The molecule has 3 rings (SSSR count). The number of aliphatic carboxylic acids is 2. The fourth-order valence-corrected chi connectivity index (χ4v) is 4.75. The fourth-order valence-electron chi connectivity index (χ4n) is 3.79. The van der Waals surface area contributed by atoms with Gasteiger partial charge in [0.05, 0.1) is 17.3 Å². The van der Waals surface area contributed by atoms with Gasteiger partial charge in [0.1, 0.15) is 17.5 Å². The molecule has 0 aliphatic rings. The Balaban J connectivity index is 1.70. The van der Waals surface area contributed by atoms with E-state index in [2.05, 4.69) is 20.3 Å². The number of nitrogens with two attached hydrogens (primary N) is 2. The number of benzene rings is 1. The first-order chi connectivity index (χ1) is 17.4. The van der Waals surface area contributed by atoms with Crippen LogP contribution in [0.4, 0.5) is 17.5 Å². The number of carbonyl (C=O) groups is 3. The van der Waals surface area contributed by atoms with E-state index in [9.17, 15) is 27.9 Å². The lowest BCUT2D eigenvalue weighted by molar-refractivity contribution is -0.140. The quantitative estimate of drug-likeness (QED) is 0.188. The van der Waals surface area contributed by atoms with Crippen molar-refractivity contribution in [1.82, 2.24) is 20.3 Å². The first-order valence-electron chi connectivity index (χ1n) is 11.1. The van der Waals surface area contributed by atoms with Gasteiger partial charge in [0.15, 0.2) is 0 Å². The van der Waals surface area contributed by atoms with Crippen LogP contribution in [0.5, 0.6) is 0 Å². The maximum absolute atomic E-state index is 12.5. The van der Waals surface area contributed by atoms with Crippen LogP contribution in [0.3, 0.4) is 0 Å². The monoisotopic (exact) mass is 533 g/mol. The molecule has 0 aliphatic heterocycles. The van der Waals surface area contributed by atoms with E-state index in [4.69, 9.17) is 16.6 Å². The zero-order valence-corrected chi connectivity index (χ0v) is 20.7. The molecular formula is C22H27N7O7S. The third-order valence-electron chi connectivity index (χ3n) is 5.53. The number of hydrogen-bond donors (Lipinski definition) is 6. The largest absolute Gasteiger partial charge is 0.481 e. The van der Waals surface area contributed by atoms with Crippen molar-refractivity contribution < 1.29 is 33.0 Å². The van der Waals surface area contributed by atoms with Crippen molar-refractivity contribution in [1.29, 1.82) is 0 Å². The van der Waals surface area contributed by atoms with Crippen LogP contribution in [-0.2, 0) is 26.0 Å². The van der Waals surface area contributed by atoms with Gasteiger partial charge in [0.25, 0.3) is 5.91 Å². The van der Waals surface area contributed by atoms with Crippen molar-refractivity contribution in [2.45, 2.75) is 31.7 Å². The van der Waals surface area contributed by atoms with E-state index in [1.54, 1.807) is 6.20 Å².